The van der Waals surface area contributed by atoms with Gasteiger partial charge in [-0.05, 0) is 173 Å². The fourth-order valence-electron chi connectivity index (χ4n) is 17.0. The fourth-order valence-corrected chi connectivity index (χ4v) is 17.0. The van der Waals surface area contributed by atoms with Crippen LogP contribution in [0.1, 0.15) is 222 Å². The molecule has 0 radical (unpaired) electrons. The molecule has 0 aliphatic carbocycles. The molecule has 0 amide bonds. The molecule has 15 rings (SSSR count). The molecule has 8 heterocycles. The van der Waals surface area contributed by atoms with E-state index in [4.69, 9.17) is 18.9 Å². The van der Waals surface area contributed by atoms with Crippen LogP contribution in [-0.4, -0.2) is 64.7 Å². The van der Waals surface area contributed by atoms with Crippen LogP contribution < -0.4 is 42.1 Å². The molecule has 12 atom stereocenters. The van der Waals surface area contributed by atoms with E-state index in [1.807, 2.05) is 18.2 Å². The van der Waals surface area contributed by atoms with Crippen LogP contribution in [-0.2, 0) is 18.9 Å². The van der Waals surface area contributed by atoms with Gasteiger partial charge in [-0.15, -0.1) is 0 Å². The highest BCUT2D eigenvalue weighted by molar-refractivity contribution is 5.70. The summed E-state index contributed by atoms with van der Waals surface area (Å²) < 4.78 is 24.8. The molecule has 530 valence electrons. The SMILES string of the molecule is CCCCCC1Nc2ccc(N(C)C)cc2C2OCCC12.CCCCCC1Nc2ccc(Nc3ccccc3)cc2C2OCCC12.CCCCCC1Nc2ccc(Nc3ccccc3)cc2C2OCCCC12.CCCCCCC1Nc2ccc(Nc3ccccc3)cc2C2OCCCC12. The molecule has 99 heavy (non-hydrogen) atoms. The van der Waals surface area contributed by atoms with Gasteiger partial charge in [0, 0.05) is 173 Å². The Morgan fingerprint density at radius 2 is 0.626 bits per heavy atom. The minimum absolute atomic E-state index is 0.240. The number of fused-ring (bicyclic) bond motifs is 12. The number of nitrogens with one attached hydrogen (secondary N) is 7. The first-order valence-electron chi connectivity index (χ1n) is 39.0. The number of unbranched alkanes of at least 4 members (excludes halogenated alkanes) is 9. The predicted octanol–water partition coefficient (Wildman–Crippen LogP) is 23.0. The molecule has 12 heteroatoms. The molecule has 0 spiro atoms. The Bertz CT molecular complexity index is 3560. The van der Waals surface area contributed by atoms with E-state index in [9.17, 15) is 0 Å². The van der Waals surface area contributed by atoms with Gasteiger partial charge in [0.2, 0.25) is 0 Å². The van der Waals surface area contributed by atoms with Gasteiger partial charge in [0.15, 0.2) is 0 Å². The minimum atomic E-state index is 0.240. The van der Waals surface area contributed by atoms with Crippen LogP contribution in [0, 0.1) is 23.7 Å². The summed E-state index contributed by atoms with van der Waals surface area (Å²) in [5, 5.41) is 25.8. The van der Waals surface area contributed by atoms with Crippen molar-refractivity contribution < 1.29 is 18.9 Å². The van der Waals surface area contributed by atoms with E-state index in [1.165, 1.54) is 198 Å². The molecule has 0 saturated carbocycles. The maximum Gasteiger partial charge on any atom is 0.0894 e. The maximum absolute atomic E-state index is 6.30. The van der Waals surface area contributed by atoms with Crippen molar-refractivity contribution in [1.29, 1.82) is 0 Å². The van der Waals surface area contributed by atoms with E-state index in [0.29, 0.717) is 53.9 Å². The highest BCUT2D eigenvalue weighted by Crippen LogP contribution is 2.51. The van der Waals surface area contributed by atoms with Crippen LogP contribution in [0.25, 0.3) is 0 Å². The van der Waals surface area contributed by atoms with Crippen LogP contribution in [0.3, 0.4) is 0 Å². The van der Waals surface area contributed by atoms with Crippen LogP contribution >= 0.6 is 0 Å². The topological polar surface area (TPSA) is 124 Å². The summed E-state index contributed by atoms with van der Waals surface area (Å²) in [6.07, 6.45) is 30.4. The van der Waals surface area contributed by atoms with Crippen molar-refractivity contribution in [2.75, 3.05) is 82.6 Å². The number of para-hydroxylation sites is 3. The monoisotopic (exact) mass is 1340 g/mol. The maximum atomic E-state index is 6.30. The van der Waals surface area contributed by atoms with E-state index < -0.39 is 0 Å². The largest absolute Gasteiger partial charge is 0.382 e. The third-order valence-electron chi connectivity index (χ3n) is 22.3. The van der Waals surface area contributed by atoms with Gasteiger partial charge in [-0.3, -0.25) is 0 Å². The standard InChI is InChI=1S/C24H32N2O.C23H30N2O.C22H28N2O.C18H28N2O/c1-2-3-4-8-13-22-20-12-9-16-27-24(20)21-17-19(14-15-23(21)26-22)25-18-10-6-5-7-11-18;1-2-3-5-12-21-19-11-8-15-26-23(19)20-16-18(13-14-22(20)25-21)24-17-9-6-4-7-10-17;1-2-3-5-10-20-18-13-14-25-22(18)19-15-17(11-12-21(19)24-20)23-16-8-6-4-7-9-16;1-4-5-6-7-16-14-10-11-21-18(14)15-12-13(20(2)3)8-9-17(15)19-16/h5-7,10-11,14-15,17,20,22,24-26H,2-4,8-9,12-13,16H2,1H3;4,6-7,9-10,13-14,16,19,21,23-25H,2-3,5,8,11-12,15H2,1H3;4,6-9,11-12,15,18,20,22-24H,2-3,5,10,13-14H2,1H3;8-9,12,14,16,18-19H,4-7,10-11H2,1-3H3. The lowest BCUT2D eigenvalue weighted by Crippen LogP contribution is -2.41. The second-order valence-electron chi connectivity index (χ2n) is 29.6. The van der Waals surface area contributed by atoms with Gasteiger partial charge in [0.05, 0.1) is 24.4 Å². The third-order valence-corrected chi connectivity index (χ3v) is 22.3. The lowest BCUT2D eigenvalue weighted by molar-refractivity contribution is -0.0387. The summed E-state index contributed by atoms with van der Waals surface area (Å²) >= 11 is 0. The molecular weight excluding hydrogens is 1220 g/mol. The molecule has 0 aromatic heterocycles. The van der Waals surface area contributed by atoms with Gasteiger partial charge in [-0.2, -0.15) is 0 Å². The second kappa shape index (κ2) is 36.4. The van der Waals surface area contributed by atoms with Crippen molar-refractivity contribution in [2.24, 2.45) is 23.7 Å². The van der Waals surface area contributed by atoms with Crippen molar-refractivity contribution in [3.8, 4) is 0 Å². The quantitative estimate of drug-likeness (QED) is 0.0292. The Kier molecular flexibility index (Phi) is 26.3. The van der Waals surface area contributed by atoms with Gasteiger partial charge >= 0.3 is 0 Å². The summed E-state index contributed by atoms with van der Waals surface area (Å²) in [6, 6.07) is 60.0. The summed E-state index contributed by atoms with van der Waals surface area (Å²) in [5.74, 6) is 2.45. The van der Waals surface area contributed by atoms with Crippen LogP contribution in [0.15, 0.2) is 164 Å². The first-order chi connectivity index (χ1) is 48.7. The van der Waals surface area contributed by atoms with E-state index in [1.54, 1.807) is 0 Å². The van der Waals surface area contributed by atoms with Gasteiger partial charge in [-0.1, -0.05) is 166 Å². The minimum Gasteiger partial charge on any atom is -0.382 e. The molecular formula is C87H118N8O4. The Hall–Kier alpha value is -7.22. The van der Waals surface area contributed by atoms with Crippen molar-refractivity contribution in [3.05, 3.63) is 186 Å². The van der Waals surface area contributed by atoms with Gasteiger partial charge < -0.3 is 61.1 Å². The first-order valence-corrected chi connectivity index (χ1v) is 39.0. The number of benzene rings is 7. The van der Waals surface area contributed by atoms with E-state index in [2.05, 4.69) is 230 Å². The molecule has 12 unspecified atom stereocenters. The zero-order valence-electron chi connectivity index (χ0n) is 60.7. The van der Waals surface area contributed by atoms with Crippen LogP contribution in [0.4, 0.5) is 62.6 Å². The Morgan fingerprint density at radius 1 is 0.323 bits per heavy atom. The van der Waals surface area contributed by atoms with Gasteiger partial charge in [-0.25, -0.2) is 0 Å². The Morgan fingerprint density at radius 3 is 0.970 bits per heavy atom. The number of ether oxygens (including phenoxy) is 4. The van der Waals surface area contributed by atoms with E-state index in [-0.39, 0.29) is 18.3 Å². The second-order valence-corrected chi connectivity index (χ2v) is 29.6. The van der Waals surface area contributed by atoms with Gasteiger partial charge in [0.25, 0.3) is 0 Å². The lowest BCUT2D eigenvalue weighted by atomic mass is 9.78. The summed E-state index contributed by atoms with van der Waals surface area (Å²) in [7, 11) is 4.19. The molecule has 8 aliphatic rings. The number of rotatable bonds is 24. The number of anilines is 11. The first kappa shape index (κ1) is 71.6. The zero-order valence-corrected chi connectivity index (χ0v) is 60.7. The molecule has 7 aromatic carbocycles. The van der Waals surface area contributed by atoms with Crippen molar-refractivity contribution >= 4 is 62.6 Å². The van der Waals surface area contributed by atoms with E-state index in [0.717, 1.165) is 60.6 Å². The van der Waals surface area contributed by atoms with Crippen molar-refractivity contribution in [1.82, 2.24) is 0 Å². The molecule has 7 N–H and O–H groups in total. The fraction of sp³-hybridized carbons (Fsp3) is 0.517. The molecule has 12 nitrogen and oxygen atoms in total. The molecule has 4 saturated heterocycles. The van der Waals surface area contributed by atoms with Crippen LogP contribution in [0.2, 0.25) is 0 Å². The third kappa shape index (κ3) is 18.7. The number of hydrogen-bond acceptors (Lipinski definition) is 12. The number of hydrogen-bond donors (Lipinski definition) is 7. The number of nitrogens with zero attached hydrogens (tertiary/aromatic N) is 1. The predicted molar refractivity (Wildman–Crippen MR) is 417 cm³/mol. The molecule has 7 aromatic rings. The highest BCUT2D eigenvalue weighted by Gasteiger charge is 2.44. The van der Waals surface area contributed by atoms with Crippen molar-refractivity contribution in [2.45, 2.75) is 224 Å². The smallest absolute Gasteiger partial charge is 0.0894 e. The normalized spacial score (nSPS) is 24.7. The average molecular weight is 1340 g/mol. The summed E-state index contributed by atoms with van der Waals surface area (Å²) in [6.45, 7) is 12.7. The van der Waals surface area contributed by atoms with E-state index >= 15 is 0 Å². The Labute approximate surface area is 594 Å². The lowest BCUT2D eigenvalue weighted by Gasteiger charge is -2.43. The average Bonchev–Trinajstić information content (AvgIpc) is 1.78. The molecule has 8 aliphatic heterocycles. The Balaban J connectivity index is 0.000000126. The zero-order chi connectivity index (χ0) is 68.1. The highest BCUT2D eigenvalue weighted by atomic mass is 16.5. The van der Waals surface area contributed by atoms with Crippen LogP contribution in [0.5, 0.6) is 0 Å². The van der Waals surface area contributed by atoms with Crippen molar-refractivity contribution in [3.63, 3.8) is 0 Å². The summed E-state index contributed by atoms with van der Waals surface area (Å²) in [4.78, 5) is 2.16. The molecule has 4 fully saturated rings. The summed E-state index contributed by atoms with van der Waals surface area (Å²) in [5.41, 5.74) is 18.4. The molecule has 0 bridgehead atoms. The van der Waals surface area contributed by atoms with Gasteiger partial charge in [0.1, 0.15) is 0 Å².